The van der Waals surface area contributed by atoms with Gasteiger partial charge in [-0.2, -0.15) is 0 Å². The average Bonchev–Trinajstić information content (AvgIpc) is 2.60. The lowest BCUT2D eigenvalue weighted by Crippen LogP contribution is -2.46. The molecule has 0 spiro atoms. The summed E-state index contributed by atoms with van der Waals surface area (Å²) in [5.74, 6) is 0.0766. The fourth-order valence-corrected chi connectivity index (χ4v) is 2.91. The summed E-state index contributed by atoms with van der Waals surface area (Å²) < 4.78 is 0. The van der Waals surface area contributed by atoms with Crippen molar-refractivity contribution in [1.82, 2.24) is 10.2 Å². The van der Waals surface area contributed by atoms with E-state index in [2.05, 4.69) is 5.32 Å². The number of ketones is 1. The van der Waals surface area contributed by atoms with Crippen LogP contribution in [-0.4, -0.2) is 41.6 Å². The van der Waals surface area contributed by atoms with Gasteiger partial charge in [0.1, 0.15) is 0 Å². The highest BCUT2D eigenvalue weighted by molar-refractivity contribution is 5.98. The zero-order chi connectivity index (χ0) is 17.5. The first-order valence-corrected chi connectivity index (χ1v) is 8.66. The molecule has 1 saturated heterocycles. The quantitative estimate of drug-likeness (QED) is 0.815. The van der Waals surface area contributed by atoms with Crippen molar-refractivity contribution in [2.45, 2.75) is 52.0 Å². The van der Waals surface area contributed by atoms with E-state index in [9.17, 15) is 14.4 Å². The summed E-state index contributed by atoms with van der Waals surface area (Å²) in [5, 5.41) is 2.98. The van der Waals surface area contributed by atoms with Gasteiger partial charge in [0.05, 0.1) is 0 Å². The zero-order valence-electron chi connectivity index (χ0n) is 14.5. The third-order valence-corrected chi connectivity index (χ3v) is 4.47. The normalized spacial score (nSPS) is 15.2. The van der Waals surface area contributed by atoms with Crippen LogP contribution in [0.3, 0.4) is 0 Å². The lowest BCUT2D eigenvalue weighted by atomic mass is 10.0. The number of Topliss-reactive ketones (excluding diaryl/α,β-unsaturated/α-hetero) is 1. The van der Waals surface area contributed by atoms with Gasteiger partial charge >= 0.3 is 0 Å². The number of nitrogens with one attached hydrogen (secondary N) is 1. The number of hydrogen-bond donors (Lipinski definition) is 1. The van der Waals surface area contributed by atoms with Crippen LogP contribution in [-0.2, 0) is 9.59 Å². The molecule has 5 heteroatoms. The van der Waals surface area contributed by atoms with Crippen LogP contribution < -0.4 is 5.32 Å². The molecular weight excluding hydrogens is 304 g/mol. The van der Waals surface area contributed by atoms with Crippen LogP contribution in [0.25, 0.3) is 0 Å². The first-order chi connectivity index (χ1) is 11.5. The Morgan fingerprint density at radius 1 is 1.08 bits per heavy atom. The molecule has 0 bridgehead atoms. The van der Waals surface area contributed by atoms with E-state index in [1.165, 1.54) is 0 Å². The number of amides is 2. The van der Waals surface area contributed by atoms with Crippen molar-refractivity contribution < 1.29 is 14.4 Å². The van der Waals surface area contributed by atoms with Gasteiger partial charge in [-0.15, -0.1) is 0 Å². The fraction of sp³-hybridized carbons (Fsp3) is 0.526. The molecule has 1 fully saturated rings. The van der Waals surface area contributed by atoms with Crippen LogP contribution in [0.1, 0.15) is 54.9 Å². The van der Waals surface area contributed by atoms with Gasteiger partial charge < -0.3 is 10.2 Å². The number of likely N-dealkylation sites (tertiary alicyclic amines) is 1. The van der Waals surface area contributed by atoms with Gasteiger partial charge in [-0.3, -0.25) is 14.4 Å². The lowest BCUT2D eigenvalue weighted by Gasteiger charge is -2.32. The second-order valence-corrected chi connectivity index (χ2v) is 6.37. The number of carbonyl (C=O) groups excluding carboxylic acids is 3. The molecular formula is C19H26N2O3. The number of piperidine rings is 1. The van der Waals surface area contributed by atoms with Gasteiger partial charge in [0.15, 0.2) is 5.78 Å². The molecule has 2 amide bonds. The van der Waals surface area contributed by atoms with Crippen molar-refractivity contribution in [2.75, 3.05) is 13.1 Å². The summed E-state index contributed by atoms with van der Waals surface area (Å²) >= 11 is 0. The van der Waals surface area contributed by atoms with Crippen molar-refractivity contribution in [3.63, 3.8) is 0 Å². The van der Waals surface area contributed by atoms with Crippen LogP contribution >= 0.6 is 0 Å². The van der Waals surface area contributed by atoms with Gasteiger partial charge in [-0.05, 0) is 19.8 Å². The first kappa shape index (κ1) is 18.2. The molecule has 1 aromatic carbocycles. The molecule has 0 unspecified atom stereocenters. The highest BCUT2D eigenvalue weighted by Crippen LogP contribution is 2.12. The molecule has 1 heterocycles. The molecule has 0 aliphatic carbocycles. The highest BCUT2D eigenvalue weighted by Gasteiger charge is 2.23. The Kier molecular flexibility index (Phi) is 6.53. The molecule has 1 aliphatic rings. The van der Waals surface area contributed by atoms with Crippen molar-refractivity contribution >= 4 is 17.6 Å². The topological polar surface area (TPSA) is 66.5 Å². The highest BCUT2D eigenvalue weighted by atomic mass is 16.2. The summed E-state index contributed by atoms with van der Waals surface area (Å²) in [7, 11) is 0. The molecule has 1 aromatic rings. The molecule has 0 saturated carbocycles. The van der Waals surface area contributed by atoms with E-state index in [1.54, 1.807) is 12.1 Å². The SMILES string of the molecule is CCC(=O)N1CCC(NC(=O)CCC(=O)c2ccc(C)cc2)CC1. The van der Waals surface area contributed by atoms with E-state index in [0.717, 1.165) is 18.4 Å². The maximum atomic E-state index is 12.1. The number of aryl methyl sites for hydroxylation is 1. The minimum absolute atomic E-state index is 0.00601. The first-order valence-electron chi connectivity index (χ1n) is 8.66. The molecule has 24 heavy (non-hydrogen) atoms. The van der Waals surface area contributed by atoms with Crippen LogP contribution in [0.2, 0.25) is 0 Å². The number of hydrogen-bond acceptors (Lipinski definition) is 3. The summed E-state index contributed by atoms with van der Waals surface area (Å²) in [5.41, 5.74) is 1.76. The minimum Gasteiger partial charge on any atom is -0.353 e. The predicted octanol–water partition coefficient (Wildman–Crippen LogP) is 2.48. The number of carbonyl (C=O) groups is 3. The molecule has 2 rings (SSSR count). The average molecular weight is 330 g/mol. The van der Waals surface area contributed by atoms with Gasteiger partial charge in [0.2, 0.25) is 11.8 Å². The number of rotatable bonds is 6. The minimum atomic E-state index is -0.0873. The molecule has 5 nitrogen and oxygen atoms in total. The molecule has 1 aliphatic heterocycles. The van der Waals surface area contributed by atoms with Crippen molar-refractivity contribution in [2.24, 2.45) is 0 Å². The predicted molar refractivity (Wildman–Crippen MR) is 92.8 cm³/mol. The largest absolute Gasteiger partial charge is 0.353 e. The molecule has 0 radical (unpaired) electrons. The van der Waals surface area contributed by atoms with Gasteiger partial charge in [0.25, 0.3) is 0 Å². The Morgan fingerprint density at radius 3 is 2.29 bits per heavy atom. The van der Waals surface area contributed by atoms with E-state index < -0.39 is 0 Å². The van der Waals surface area contributed by atoms with Gasteiger partial charge in [-0.25, -0.2) is 0 Å². The lowest BCUT2D eigenvalue weighted by molar-refractivity contribution is -0.132. The summed E-state index contributed by atoms with van der Waals surface area (Å²) in [6.45, 7) is 5.22. The zero-order valence-corrected chi connectivity index (χ0v) is 14.5. The summed E-state index contributed by atoms with van der Waals surface area (Å²) in [6.07, 6.45) is 2.52. The maximum absolute atomic E-state index is 12.1. The van der Waals surface area contributed by atoms with Crippen LogP contribution in [0.5, 0.6) is 0 Å². The van der Waals surface area contributed by atoms with E-state index in [0.29, 0.717) is 25.1 Å². The Bertz CT molecular complexity index is 587. The monoisotopic (exact) mass is 330 g/mol. The van der Waals surface area contributed by atoms with E-state index in [4.69, 9.17) is 0 Å². The summed E-state index contributed by atoms with van der Waals surface area (Å²) in [6, 6.07) is 7.51. The Labute approximate surface area is 143 Å². The summed E-state index contributed by atoms with van der Waals surface area (Å²) in [4.78, 5) is 37.6. The van der Waals surface area contributed by atoms with Crippen molar-refractivity contribution in [3.05, 3.63) is 35.4 Å². The Balaban J connectivity index is 1.71. The molecule has 1 N–H and O–H groups in total. The Hall–Kier alpha value is -2.17. The standard InChI is InChI=1S/C19H26N2O3/c1-3-19(24)21-12-10-16(11-13-21)20-18(23)9-8-17(22)15-6-4-14(2)5-7-15/h4-7,16H,3,8-13H2,1-2H3,(H,20,23). The van der Waals surface area contributed by atoms with E-state index in [-0.39, 0.29) is 36.5 Å². The van der Waals surface area contributed by atoms with E-state index in [1.807, 2.05) is 30.9 Å². The number of nitrogens with zero attached hydrogens (tertiary/aromatic N) is 1. The maximum Gasteiger partial charge on any atom is 0.222 e. The van der Waals surface area contributed by atoms with Gasteiger partial charge in [0, 0.05) is 44.0 Å². The van der Waals surface area contributed by atoms with Crippen molar-refractivity contribution in [3.8, 4) is 0 Å². The molecule has 0 atom stereocenters. The Morgan fingerprint density at radius 2 is 1.71 bits per heavy atom. The fourth-order valence-electron chi connectivity index (χ4n) is 2.91. The molecule has 130 valence electrons. The third-order valence-electron chi connectivity index (χ3n) is 4.47. The van der Waals surface area contributed by atoms with Crippen LogP contribution in [0.4, 0.5) is 0 Å². The van der Waals surface area contributed by atoms with E-state index >= 15 is 0 Å². The molecule has 0 aromatic heterocycles. The number of benzene rings is 1. The third kappa shape index (κ3) is 5.18. The smallest absolute Gasteiger partial charge is 0.222 e. The van der Waals surface area contributed by atoms with Crippen LogP contribution in [0.15, 0.2) is 24.3 Å². The van der Waals surface area contributed by atoms with Crippen LogP contribution in [0, 0.1) is 6.92 Å². The second-order valence-electron chi connectivity index (χ2n) is 6.37. The second kappa shape index (κ2) is 8.62. The van der Waals surface area contributed by atoms with Crippen molar-refractivity contribution in [1.29, 1.82) is 0 Å². The van der Waals surface area contributed by atoms with Gasteiger partial charge in [-0.1, -0.05) is 36.8 Å².